The van der Waals surface area contributed by atoms with Crippen LogP contribution in [0.15, 0.2) is 24.3 Å². The van der Waals surface area contributed by atoms with Gasteiger partial charge in [0.2, 0.25) is 0 Å². The highest BCUT2D eigenvalue weighted by atomic mass is 16.5. The minimum atomic E-state index is -0.542. The third-order valence-corrected chi connectivity index (χ3v) is 8.51. The van der Waals surface area contributed by atoms with Gasteiger partial charge in [-0.3, -0.25) is 14.6 Å². The molecule has 1 fully saturated rings. The molecule has 3 atom stereocenters. The molecule has 7 heteroatoms. The maximum absolute atomic E-state index is 13.5. The fourth-order valence-corrected chi connectivity index (χ4v) is 6.75. The quantitative estimate of drug-likeness (QED) is 0.615. The topological polar surface area (TPSA) is 60.5 Å². The second kappa shape index (κ2) is 9.03. The fourth-order valence-electron chi connectivity index (χ4n) is 6.75. The SMILES string of the molecule is CC[C@@]1(C(C)=O)CN2CCc3cc(OC)c(OC)cc3[C@@H]2N2CCc3ccc(OC)c(OC)c3[C@@H]21. The van der Waals surface area contributed by atoms with Crippen molar-refractivity contribution in [2.24, 2.45) is 5.41 Å². The lowest BCUT2D eigenvalue weighted by Crippen LogP contribution is -2.63. The van der Waals surface area contributed by atoms with Crippen LogP contribution in [-0.4, -0.2) is 63.7 Å². The van der Waals surface area contributed by atoms with Crippen molar-refractivity contribution in [3.63, 3.8) is 0 Å². The van der Waals surface area contributed by atoms with Crippen LogP contribution in [0.4, 0.5) is 0 Å². The van der Waals surface area contributed by atoms with Gasteiger partial charge in [-0.1, -0.05) is 13.0 Å². The van der Waals surface area contributed by atoms with Crippen molar-refractivity contribution in [1.29, 1.82) is 0 Å². The number of hydrogen-bond acceptors (Lipinski definition) is 7. The number of ketones is 1. The number of ether oxygens (including phenoxy) is 4. The van der Waals surface area contributed by atoms with E-state index in [4.69, 9.17) is 18.9 Å². The van der Waals surface area contributed by atoms with E-state index in [1.807, 2.05) is 6.07 Å². The van der Waals surface area contributed by atoms with E-state index in [0.717, 1.165) is 55.2 Å². The molecule has 0 aliphatic carbocycles. The molecule has 0 bridgehead atoms. The molecule has 0 N–H and O–H groups in total. The Morgan fingerprint density at radius 1 is 0.943 bits per heavy atom. The summed E-state index contributed by atoms with van der Waals surface area (Å²) in [7, 11) is 6.73. The number of benzene rings is 2. The molecular weight excluding hydrogens is 444 g/mol. The maximum atomic E-state index is 13.5. The Morgan fingerprint density at radius 3 is 2.26 bits per heavy atom. The third kappa shape index (κ3) is 3.43. The Morgan fingerprint density at radius 2 is 1.63 bits per heavy atom. The molecule has 3 aliphatic rings. The largest absolute Gasteiger partial charge is 0.493 e. The lowest BCUT2D eigenvalue weighted by Gasteiger charge is -2.60. The standard InChI is InChI=1S/C28H36N2O5/c1-7-28(17(2)31)16-29-12-10-19-14-22(33-4)23(34-5)15-20(19)27(29)30-13-11-18-8-9-21(32-3)25(35-6)24(18)26(28)30/h8-9,14-15,26-27H,7,10-13,16H2,1-6H3/t26-,27+,28+/m1/s1. The summed E-state index contributed by atoms with van der Waals surface area (Å²) < 4.78 is 22.9. The van der Waals surface area contributed by atoms with Crippen molar-refractivity contribution in [2.75, 3.05) is 48.1 Å². The molecule has 2 aromatic rings. The number of methoxy groups -OCH3 is 4. The minimum Gasteiger partial charge on any atom is -0.493 e. The second-order valence-electron chi connectivity index (χ2n) is 9.83. The first-order valence-corrected chi connectivity index (χ1v) is 12.4. The molecule has 2 aromatic carbocycles. The monoisotopic (exact) mass is 480 g/mol. The van der Waals surface area contributed by atoms with Crippen LogP contribution in [0.1, 0.15) is 54.7 Å². The van der Waals surface area contributed by atoms with Crippen LogP contribution in [0.3, 0.4) is 0 Å². The first kappa shape index (κ1) is 23.9. The highest BCUT2D eigenvalue weighted by molar-refractivity contribution is 5.84. The summed E-state index contributed by atoms with van der Waals surface area (Å²) in [4.78, 5) is 18.5. The molecule has 0 amide bonds. The predicted octanol–water partition coefficient (Wildman–Crippen LogP) is 4.18. The second-order valence-corrected chi connectivity index (χ2v) is 9.83. The Balaban J connectivity index is 1.74. The predicted molar refractivity (Wildman–Crippen MR) is 134 cm³/mol. The van der Waals surface area contributed by atoms with Crippen molar-refractivity contribution in [1.82, 2.24) is 9.80 Å². The van der Waals surface area contributed by atoms with Gasteiger partial charge in [0.05, 0.1) is 46.1 Å². The van der Waals surface area contributed by atoms with Crippen molar-refractivity contribution in [3.8, 4) is 23.0 Å². The summed E-state index contributed by atoms with van der Waals surface area (Å²) in [6.45, 7) is 6.37. The van der Waals surface area contributed by atoms with E-state index in [1.54, 1.807) is 35.4 Å². The number of hydrogen-bond donors (Lipinski definition) is 0. The first-order chi connectivity index (χ1) is 16.9. The van der Waals surface area contributed by atoms with Crippen LogP contribution < -0.4 is 18.9 Å². The molecule has 5 rings (SSSR count). The van der Waals surface area contributed by atoms with Gasteiger partial charge in [-0.15, -0.1) is 0 Å². The van der Waals surface area contributed by atoms with Gasteiger partial charge in [-0.05, 0) is 61.1 Å². The van der Waals surface area contributed by atoms with Gasteiger partial charge in [-0.25, -0.2) is 0 Å². The summed E-state index contributed by atoms with van der Waals surface area (Å²) >= 11 is 0. The molecular formula is C28H36N2O5. The zero-order valence-electron chi connectivity index (χ0n) is 21.6. The van der Waals surface area contributed by atoms with E-state index >= 15 is 0 Å². The zero-order chi connectivity index (χ0) is 24.9. The number of carbonyl (C=O) groups excluding carboxylic acids is 1. The number of nitrogens with zero attached hydrogens (tertiary/aromatic N) is 2. The maximum Gasteiger partial charge on any atom is 0.165 e. The minimum absolute atomic E-state index is 0.0478. The molecule has 35 heavy (non-hydrogen) atoms. The highest BCUT2D eigenvalue weighted by Gasteiger charge is 2.57. The van der Waals surface area contributed by atoms with E-state index in [2.05, 4.69) is 34.9 Å². The fraction of sp³-hybridized carbons (Fsp3) is 0.536. The van der Waals surface area contributed by atoms with Crippen molar-refractivity contribution in [3.05, 3.63) is 46.5 Å². The van der Waals surface area contributed by atoms with E-state index in [0.29, 0.717) is 12.3 Å². The van der Waals surface area contributed by atoms with E-state index in [9.17, 15) is 4.79 Å². The van der Waals surface area contributed by atoms with Gasteiger partial charge < -0.3 is 18.9 Å². The van der Waals surface area contributed by atoms with E-state index in [1.165, 1.54) is 16.7 Å². The average molecular weight is 481 g/mol. The Bertz CT molecular complexity index is 1150. The Hall–Kier alpha value is -2.77. The van der Waals surface area contributed by atoms with E-state index in [-0.39, 0.29) is 18.0 Å². The van der Waals surface area contributed by atoms with Gasteiger partial charge in [0, 0.05) is 25.2 Å². The molecule has 3 heterocycles. The van der Waals surface area contributed by atoms with Crippen molar-refractivity contribution >= 4 is 5.78 Å². The number of fused-ring (bicyclic) bond motifs is 7. The number of carbonyl (C=O) groups is 1. The molecule has 7 nitrogen and oxygen atoms in total. The Kier molecular flexibility index (Phi) is 6.18. The van der Waals surface area contributed by atoms with Crippen LogP contribution in [0.5, 0.6) is 23.0 Å². The molecule has 3 aliphatic heterocycles. The van der Waals surface area contributed by atoms with Gasteiger partial charge in [0.1, 0.15) is 5.78 Å². The summed E-state index contributed by atoms with van der Waals surface area (Å²) in [5.41, 5.74) is 4.30. The molecule has 0 saturated carbocycles. The number of Topliss-reactive ketones (excluding diaryl/α,β-unsaturated/α-hetero) is 1. The molecule has 0 aromatic heterocycles. The van der Waals surface area contributed by atoms with Gasteiger partial charge in [-0.2, -0.15) is 0 Å². The van der Waals surface area contributed by atoms with Crippen molar-refractivity contribution in [2.45, 2.75) is 45.3 Å². The zero-order valence-corrected chi connectivity index (χ0v) is 21.6. The molecule has 0 unspecified atom stereocenters. The molecule has 0 radical (unpaired) electrons. The normalized spacial score (nSPS) is 25.5. The first-order valence-electron chi connectivity index (χ1n) is 12.4. The van der Waals surface area contributed by atoms with E-state index < -0.39 is 5.41 Å². The average Bonchev–Trinajstić information content (AvgIpc) is 2.89. The lowest BCUT2D eigenvalue weighted by atomic mass is 9.65. The van der Waals surface area contributed by atoms with Crippen LogP contribution in [0.25, 0.3) is 0 Å². The van der Waals surface area contributed by atoms with Crippen LogP contribution in [0, 0.1) is 5.41 Å². The van der Waals surface area contributed by atoms with Crippen LogP contribution in [-0.2, 0) is 17.6 Å². The smallest absolute Gasteiger partial charge is 0.165 e. The lowest BCUT2D eigenvalue weighted by molar-refractivity contribution is -0.156. The summed E-state index contributed by atoms with van der Waals surface area (Å²) in [5.74, 6) is 3.17. The van der Waals surface area contributed by atoms with Crippen molar-refractivity contribution < 1.29 is 23.7 Å². The third-order valence-electron chi connectivity index (χ3n) is 8.51. The molecule has 1 saturated heterocycles. The Labute approximate surface area is 207 Å². The van der Waals surface area contributed by atoms with Crippen LogP contribution in [0.2, 0.25) is 0 Å². The van der Waals surface area contributed by atoms with Gasteiger partial charge in [0.25, 0.3) is 0 Å². The summed E-state index contributed by atoms with van der Waals surface area (Å²) in [6, 6.07) is 8.27. The van der Waals surface area contributed by atoms with Gasteiger partial charge >= 0.3 is 0 Å². The summed E-state index contributed by atoms with van der Waals surface area (Å²) in [6.07, 6.45) is 2.60. The molecule has 0 spiro atoms. The highest BCUT2D eigenvalue weighted by Crippen LogP contribution is 2.58. The summed E-state index contributed by atoms with van der Waals surface area (Å²) in [5, 5.41) is 0. The number of rotatable bonds is 6. The van der Waals surface area contributed by atoms with Crippen LogP contribution >= 0.6 is 0 Å². The van der Waals surface area contributed by atoms with Gasteiger partial charge in [0.15, 0.2) is 23.0 Å². The molecule has 188 valence electrons.